The zero-order chi connectivity index (χ0) is 30.5. The first-order chi connectivity index (χ1) is 21.4. The molecule has 1 aliphatic carbocycles. The number of halogens is 5. The third-order valence-corrected chi connectivity index (χ3v) is 9.05. The Morgan fingerprint density at radius 3 is 1.80 bits per heavy atom. The smallest absolute Gasteiger partial charge is 0.0255 e. The molecule has 0 amide bonds. The molecule has 0 radical (unpaired) electrons. The van der Waals surface area contributed by atoms with E-state index >= 15 is 0 Å². The van der Waals surface area contributed by atoms with E-state index in [1.165, 1.54) is 55.2 Å². The van der Waals surface area contributed by atoms with E-state index in [0.717, 1.165) is 45.5 Å². The molecule has 0 nitrogen and oxygen atoms in total. The predicted octanol–water partition coefficient (Wildman–Crippen LogP) is 5.15. The second-order valence-corrected chi connectivity index (χ2v) is 11.7. The van der Waals surface area contributed by atoms with Crippen LogP contribution in [0.2, 0.25) is 0 Å². The fourth-order valence-electron chi connectivity index (χ4n) is 5.58. The van der Waals surface area contributed by atoms with Gasteiger partial charge in [-0.25, -0.2) is 12.2 Å². The van der Waals surface area contributed by atoms with E-state index in [0.29, 0.717) is 5.56 Å². The van der Waals surface area contributed by atoms with Crippen LogP contribution in [0.15, 0.2) is 152 Å². The van der Waals surface area contributed by atoms with Crippen LogP contribution in [0.25, 0.3) is 43.1 Å². The number of hydrogen-bond acceptors (Lipinski definition) is 0. The summed E-state index contributed by atoms with van der Waals surface area (Å²) in [6, 6.07) is 43.4. The Kier molecular flexibility index (Phi) is 12.0. The van der Waals surface area contributed by atoms with Crippen molar-refractivity contribution < 1.29 is 62.2 Å². The van der Waals surface area contributed by atoms with Crippen molar-refractivity contribution in [2.45, 2.75) is 12.6 Å². The van der Waals surface area contributed by atoms with Crippen LogP contribution in [0.1, 0.15) is 23.1 Å². The summed E-state index contributed by atoms with van der Waals surface area (Å²) in [7, 11) is 0. The molecule has 0 spiro atoms. The number of alkyl halides is 3. The molecule has 228 valence electrons. The van der Waals surface area contributed by atoms with Gasteiger partial charge in [-0.3, -0.25) is 6.08 Å². The largest absolute Gasteiger partial charge is 1.00 e. The normalized spacial score (nSPS) is 11.8. The molecule has 0 saturated heterocycles. The number of fused-ring (bicyclic) bond motifs is 8. The maximum absolute atomic E-state index is 12.6. The van der Waals surface area contributed by atoms with Gasteiger partial charge in [0.05, 0.1) is 0 Å². The summed E-state index contributed by atoms with van der Waals surface area (Å²) in [5.74, 6) is 0. The molecule has 0 heterocycles. The number of hydrogen-bond donors (Lipinski definition) is 0. The second-order valence-electron chi connectivity index (χ2n) is 10.4. The molecule has 0 saturated carbocycles. The molecule has 0 fully saturated rings. The Morgan fingerprint density at radius 2 is 1.20 bits per heavy atom. The van der Waals surface area contributed by atoms with Gasteiger partial charge in [-0.2, -0.15) is 6.08 Å². The van der Waals surface area contributed by atoms with Gasteiger partial charge in [-0.1, -0.05) is 77.5 Å². The number of rotatable bonds is 2. The quantitative estimate of drug-likeness (QED) is 0.171. The van der Waals surface area contributed by atoms with Gasteiger partial charge >= 0.3 is 118 Å². The van der Waals surface area contributed by atoms with Gasteiger partial charge < -0.3 is 24.8 Å². The summed E-state index contributed by atoms with van der Waals surface area (Å²) >= 11 is 1.09. The molecule has 0 bridgehead atoms. The molecular formula is C40H27Cl2F3Zr-2. The van der Waals surface area contributed by atoms with Gasteiger partial charge in [0.1, 0.15) is 0 Å². The Morgan fingerprint density at radius 1 is 0.630 bits per heavy atom. The van der Waals surface area contributed by atoms with Crippen molar-refractivity contribution in [1.29, 1.82) is 0 Å². The van der Waals surface area contributed by atoms with E-state index in [9.17, 15) is 13.2 Å². The van der Waals surface area contributed by atoms with Crippen molar-refractivity contribution in [3.8, 4) is 0 Å². The van der Waals surface area contributed by atoms with Crippen molar-refractivity contribution in [2.75, 3.05) is 0 Å². The van der Waals surface area contributed by atoms with E-state index in [4.69, 9.17) is 0 Å². The minimum atomic E-state index is -4.29. The Labute approximate surface area is 293 Å². The summed E-state index contributed by atoms with van der Waals surface area (Å²) < 4.78 is 38.8. The van der Waals surface area contributed by atoms with E-state index in [1.807, 2.05) is 42.5 Å². The summed E-state index contributed by atoms with van der Waals surface area (Å²) in [4.78, 5) is 0. The Hall–Kier alpha value is -3.69. The molecule has 7 aromatic rings. The van der Waals surface area contributed by atoms with Gasteiger partial charge in [0.15, 0.2) is 0 Å². The molecule has 0 N–H and O–H groups in total. The Bertz CT molecular complexity index is 2150. The third kappa shape index (κ3) is 7.64. The van der Waals surface area contributed by atoms with Crippen LogP contribution in [0.5, 0.6) is 0 Å². The Balaban J connectivity index is 0.000000176. The molecule has 0 aliphatic heterocycles. The predicted molar refractivity (Wildman–Crippen MR) is 175 cm³/mol. The number of benzene rings is 6. The van der Waals surface area contributed by atoms with Gasteiger partial charge in [-0.15, -0.1) is 40.1 Å². The second kappa shape index (κ2) is 15.7. The van der Waals surface area contributed by atoms with Crippen LogP contribution in [-0.4, -0.2) is 3.21 Å². The van der Waals surface area contributed by atoms with Crippen LogP contribution in [0.3, 0.4) is 0 Å². The monoisotopic (exact) mass is 724 g/mol. The average molecular weight is 727 g/mol. The van der Waals surface area contributed by atoms with Gasteiger partial charge in [0.2, 0.25) is 0 Å². The topological polar surface area (TPSA) is 0 Å². The standard InChI is InChI=1S/C21H13.C14H9F3.C5H5.2ClH.Zr/c1-2-8-15-14(7-1)13-20-18-11-4-3-9-16(18)17-10-5-6-12-19(17)21(15)20;15-14(16,17)13-8-4-7-12(10-13)9-11-5-2-1-3-6-11;1-2-4-5-3-1;;;/h1-13H;1-8,10H;1-3H,4H2;2*1H;/q-1;;-1;;;+2/p-2. The zero-order valence-electron chi connectivity index (χ0n) is 24.5. The molecule has 6 heteroatoms. The minimum Gasteiger partial charge on any atom is -1.00 e. The summed E-state index contributed by atoms with van der Waals surface area (Å²) in [6.45, 7) is 0. The molecule has 0 atom stereocenters. The molecule has 1 aliphatic rings. The van der Waals surface area contributed by atoms with Crippen LogP contribution in [-0.2, 0) is 30.4 Å². The SMILES string of the molecule is FC(F)(F)c1cccc([C](=[Zr+2])c2ccccc2)c1.[C-]1=CC=CC1.[Cl-].[Cl-].c1ccc2c(c1)[cH-]c1c3ccccc3c3ccccc3c21. The van der Waals surface area contributed by atoms with E-state index in [1.54, 1.807) is 6.07 Å². The maximum Gasteiger partial charge on any atom is -0.0255 e. The maximum atomic E-state index is 12.6. The first-order valence-corrected chi connectivity index (χ1v) is 15.6. The van der Waals surface area contributed by atoms with Gasteiger partial charge in [0, 0.05) is 0 Å². The average Bonchev–Trinajstić information content (AvgIpc) is 3.78. The van der Waals surface area contributed by atoms with Crippen molar-refractivity contribution in [3.63, 3.8) is 0 Å². The van der Waals surface area contributed by atoms with E-state index < -0.39 is 11.7 Å². The molecule has 8 rings (SSSR count). The molecule has 0 aromatic heterocycles. The summed E-state index contributed by atoms with van der Waals surface area (Å²) in [5.41, 5.74) is 1.00. The number of allylic oxidation sites excluding steroid dienone is 4. The van der Waals surface area contributed by atoms with Crippen molar-refractivity contribution in [1.82, 2.24) is 0 Å². The summed E-state index contributed by atoms with van der Waals surface area (Å²) in [6.07, 6.45) is 5.71. The van der Waals surface area contributed by atoms with Crippen molar-refractivity contribution in [2.24, 2.45) is 0 Å². The molecule has 46 heavy (non-hydrogen) atoms. The van der Waals surface area contributed by atoms with Crippen molar-refractivity contribution in [3.05, 3.63) is 174 Å². The fourth-order valence-corrected chi connectivity index (χ4v) is 6.37. The van der Waals surface area contributed by atoms with E-state index in [2.05, 4.69) is 91.0 Å². The van der Waals surface area contributed by atoms with Gasteiger partial charge in [-0.05, 0) is 10.8 Å². The third-order valence-electron chi connectivity index (χ3n) is 7.63. The fraction of sp³-hybridized carbons (Fsp3) is 0.0500. The van der Waals surface area contributed by atoms with Gasteiger partial charge in [0.25, 0.3) is 0 Å². The van der Waals surface area contributed by atoms with Crippen LogP contribution < -0.4 is 24.8 Å². The zero-order valence-corrected chi connectivity index (χ0v) is 28.5. The molecule has 0 unspecified atom stereocenters. The summed E-state index contributed by atoms with van der Waals surface area (Å²) in [5, 5.41) is 10.8. The van der Waals surface area contributed by atoms with Crippen molar-refractivity contribution >= 4 is 46.3 Å². The van der Waals surface area contributed by atoms with Crippen LogP contribution in [0.4, 0.5) is 13.2 Å². The molecular weight excluding hydrogens is 700 g/mol. The van der Waals surface area contributed by atoms with Crippen LogP contribution >= 0.6 is 0 Å². The minimum absolute atomic E-state index is 0. The first-order valence-electron chi connectivity index (χ1n) is 14.3. The molecule has 7 aromatic carbocycles. The van der Waals surface area contributed by atoms with Crippen LogP contribution in [0, 0.1) is 6.08 Å². The first kappa shape index (κ1) is 35.2. The van der Waals surface area contributed by atoms with E-state index in [-0.39, 0.29) is 24.8 Å².